The topological polar surface area (TPSA) is 79.4 Å². The van der Waals surface area contributed by atoms with Crippen LogP contribution in [0.3, 0.4) is 0 Å². The van der Waals surface area contributed by atoms with Crippen LogP contribution in [0, 0.1) is 17.2 Å². The first-order valence-electron chi connectivity index (χ1n) is 13.4. The summed E-state index contributed by atoms with van der Waals surface area (Å²) < 4.78 is 21.0. The Hall–Kier alpha value is -3.67. The molecule has 38 heavy (non-hydrogen) atoms. The van der Waals surface area contributed by atoms with Gasteiger partial charge in [-0.1, -0.05) is 44.2 Å². The molecule has 2 N–H and O–H groups in total. The fraction of sp³-hybridized carbons (Fsp3) is 0.375. The Balaban J connectivity index is 1.45. The molecule has 1 saturated carbocycles. The molecule has 0 unspecified atom stereocenters. The molecule has 0 amide bonds. The summed E-state index contributed by atoms with van der Waals surface area (Å²) in [5, 5.41) is 9.37. The SMILES string of the molecule is CC1(C)CCCC=C1c1cc(COc2cccc([C@@H](CC(=O)O)C3CC3)c2)ccc1-c1cc(=O)[nH]cc1F. The van der Waals surface area contributed by atoms with Crippen molar-refractivity contribution in [1.29, 1.82) is 0 Å². The summed E-state index contributed by atoms with van der Waals surface area (Å²) in [6, 6.07) is 14.9. The van der Waals surface area contributed by atoms with Gasteiger partial charge in [-0.3, -0.25) is 9.59 Å². The van der Waals surface area contributed by atoms with Crippen LogP contribution in [0.2, 0.25) is 0 Å². The number of rotatable bonds is 9. The number of allylic oxidation sites excluding steroid dienone is 2. The van der Waals surface area contributed by atoms with Gasteiger partial charge in [-0.05, 0) is 95.4 Å². The van der Waals surface area contributed by atoms with Crippen LogP contribution in [0.25, 0.3) is 16.7 Å². The monoisotopic (exact) mass is 515 g/mol. The van der Waals surface area contributed by atoms with Crippen LogP contribution in [-0.4, -0.2) is 16.1 Å². The minimum absolute atomic E-state index is 0.00586. The Morgan fingerprint density at radius 1 is 1.13 bits per heavy atom. The number of ether oxygens (including phenoxy) is 1. The number of aliphatic carboxylic acids is 1. The van der Waals surface area contributed by atoms with Gasteiger partial charge in [0, 0.05) is 17.8 Å². The standard InChI is InChI=1S/C32H34FNO4/c1-32(2)13-4-3-8-28(32)26-14-20(9-12-24(26)27-16-30(35)34-18-29(27)33)19-38-23-7-5-6-22(15-23)25(17-31(36)37)21-10-11-21/h5-9,12,14-16,18,21,25H,3-4,10-11,13,17,19H2,1-2H3,(H,34,35)(H,36,37)/t25-/m0/s1. The summed E-state index contributed by atoms with van der Waals surface area (Å²) in [7, 11) is 0. The number of H-pyrrole nitrogens is 1. The van der Waals surface area contributed by atoms with E-state index in [0.717, 1.165) is 60.6 Å². The van der Waals surface area contributed by atoms with Crippen molar-refractivity contribution in [3.8, 4) is 16.9 Å². The van der Waals surface area contributed by atoms with Crippen molar-refractivity contribution in [2.75, 3.05) is 0 Å². The Kier molecular flexibility index (Phi) is 7.24. The largest absolute Gasteiger partial charge is 0.489 e. The van der Waals surface area contributed by atoms with Crippen LogP contribution in [0.1, 0.15) is 75.0 Å². The molecule has 3 aromatic rings. The van der Waals surface area contributed by atoms with Crippen LogP contribution in [0.4, 0.5) is 4.39 Å². The quantitative estimate of drug-likeness (QED) is 0.313. The highest BCUT2D eigenvalue weighted by atomic mass is 19.1. The maximum Gasteiger partial charge on any atom is 0.303 e. The first-order chi connectivity index (χ1) is 18.2. The van der Waals surface area contributed by atoms with E-state index in [4.69, 9.17) is 4.74 Å². The lowest BCUT2D eigenvalue weighted by molar-refractivity contribution is -0.137. The van der Waals surface area contributed by atoms with E-state index in [-0.39, 0.29) is 28.9 Å². The fourth-order valence-electron chi connectivity index (χ4n) is 5.72. The van der Waals surface area contributed by atoms with Gasteiger partial charge in [0.25, 0.3) is 0 Å². The Labute approximate surface area is 222 Å². The second-order valence-corrected chi connectivity index (χ2v) is 11.2. The van der Waals surface area contributed by atoms with E-state index in [9.17, 15) is 19.1 Å². The zero-order valence-electron chi connectivity index (χ0n) is 21.9. The number of carboxylic acids is 1. The molecule has 0 aliphatic heterocycles. The smallest absolute Gasteiger partial charge is 0.303 e. The Bertz CT molecular complexity index is 1430. The number of aromatic amines is 1. The summed E-state index contributed by atoms with van der Waals surface area (Å²) in [5.41, 5.74) is 4.57. The van der Waals surface area contributed by atoms with Gasteiger partial charge in [0.1, 0.15) is 18.2 Å². The molecule has 0 saturated heterocycles. The summed E-state index contributed by atoms with van der Waals surface area (Å²) in [5.74, 6) is -0.118. The van der Waals surface area contributed by atoms with Crippen molar-refractivity contribution in [3.63, 3.8) is 0 Å². The molecule has 5 rings (SSSR count). The lowest BCUT2D eigenvalue weighted by Gasteiger charge is -2.33. The van der Waals surface area contributed by atoms with Gasteiger partial charge < -0.3 is 14.8 Å². The molecule has 2 aromatic carbocycles. The molecule has 1 fully saturated rings. The van der Waals surface area contributed by atoms with E-state index in [1.807, 2.05) is 36.4 Å². The summed E-state index contributed by atoms with van der Waals surface area (Å²) in [6.45, 7) is 4.73. The first-order valence-corrected chi connectivity index (χ1v) is 13.4. The number of pyridine rings is 1. The number of benzene rings is 2. The van der Waals surface area contributed by atoms with Crippen molar-refractivity contribution in [3.05, 3.63) is 93.7 Å². The second-order valence-electron chi connectivity index (χ2n) is 11.2. The number of nitrogens with one attached hydrogen (secondary N) is 1. The normalized spacial score (nSPS) is 17.5. The van der Waals surface area contributed by atoms with Gasteiger partial charge in [-0.15, -0.1) is 0 Å². The highest BCUT2D eigenvalue weighted by Gasteiger charge is 2.34. The average molecular weight is 516 g/mol. The number of hydrogen-bond acceptors (Lipinski definition) is 3. The number of aromatic nitrogens is 1. The molecule has 1 atom stereocenters. The van der Waals surface area contributed by atoms with E-state index in [1.165, 1.54) is 6.07 Å². The minimum atomic E-state index is -0.780. The molecule has 0 bridgehead atoms. The zero-order chi connectivity index (χ0) is 26.9. The molecular formula is C32H34FNO4. The molecule has 2 aliphatic rings. The molecule has 5 nitrogen and oxygen atoms in total. The second kappa shape index (κ2) is 10.6. The fourth-order valence-corrected chi connectivity index (χ4v) is 5.72. The third kappa shape index (κ3) is 5.74. The predicted molar refractivity (Wildman–Crippen MR) is 147 cm³/mol. The minimum Gasteiger partial charge on any atom is -0.489 e. The van der Waals surface area contributed by atoms with Crippen LogP contribution in [-0.2, 0) is 11.4 Å². The maximum atomic E-state index is 14.9. The van der Waals surface area contributed by atoms with Gasteiger partial charge in [0.2, 0.25) is 5.56 Å². The molecule has 1 aromatic heterocycles. The molecule has 198 valence electrons. The highest BCUT2D eigenvalue weighted by Crippen LogP contribution is 2.46. The van der Waals surface area contributed by atoms with Crippen LogP contribution in [0.15, 0.2) is 65.6 Å². The first kappa shape index (κ1) is 26.0. The van der Waals surface area contributed by atoms with Crippen molar-refractivity contribution in [1.82, 2.24) is 4.98 Å². The number of hydrogen-bond donors (Lipinski definition) is 2. The molecule has 0 spiro atoms. The summed E-state index contributed by atoms with van der Waals surface area (Å²) in [4.78, 5) is 25.9. The van der Waals surface area contributed by atoms with E-state index < -0.39 is 11.8 Å². The molecule has 0 radical (unpaired) electrons. The van der Waals surface area contributed by atoms with E-state index in [2.05, 4.69) is 31.0 Å². The van der Waals surface area contributed by atoms with Gasteiger partial charge in [0.05, 0.1) is 6.42 Å². The summed E-state index contributed by atoms with van der Waals surface area (Å²) in [6.07, 6.45) is 8.71. The lowest BCUT2D eigenvalue weighted by Crippen LogP contribution is -2.18. The maximum absolute atomic E-state index is 14.9. The van der Waals surface area contributed by atoms with E-state index in [1.54, 1.807) is 0 Å². The van der Waals surface area contributed by atoms with Crippen LogP contribution >= 0.6 is 0 Å². The van der Waals surface area contributed by atoms with Crippen LogP contribution < -0.4 is 10.3 Å². The zero-order valence-corrected chi connectivity index (χ0v) is 21.9. The predicted octanol–water partition coefficient (Wildman–Crippen LogP) is 7.32. The Morgan fingerprint density at radius 2 is 1.95 bits per heavy atom. The van der Waals surface area contributed by atoms with E-state index >= 15 is 0 Å². The molecule has 2 aliphatic carbocycles. The average Bonchev–Trinajstić information content (AvgIpc) is 3.73. The number of carbonyl (C=O) groups is 1. The van der Waals surface area contributed by atoms with Gasteiger partial charge in [0.15, 0.2) is 0 Å². The van der Waals surface area contributed by atoms with Crippen molar-refractivity contribution >= 4 is 11.5 Å². The summed E-state index contributed by atoms with van der Waals surface area (Å²) >= 11 is 0. The van der Waals surface area contributed by atoms with Crippen molar-refractivity contribution in [2.24, 2.45) is 11.3 Å². The van der Waals surface area contributed by atoms with Crippen molar-refractivity contribution < 1.29 is 19.0 Å². The number of carboxylic acid groups (broad SMARTS) is 1. The molecular weight excluding hydrogens is 481 g/mol. The number of halogens is 1. The highest BCUT2D eigenvalue weighted by molar-refractivity contribution is 5.84. The lowest BCUT2D eigenvalue weighted by atomic mass is 9.71. The van der Waals surface area contributed by atoms with E-state index in [0.29, 0.717) is 23.8 Å². The molecule has 1 heterocycles. The van der Waals surface area contributed by atoms with Crippen LogP contribution in [0.5, 0.6) is 5.75 Å². The third-order valence-corrected chi connectivity index (χ3v) is 7.90. The Morgan fingerprint density at radius 3 is 2.68 bits per heavy atom. The van der Waals surface area contributed by atoms with Crippen molar-refractivity contribution in [2.45, 2.75) is 64.9 Å². The third-order valence-electron chi connectivity index (χ3n) is 7.90. The van der Waals surface area contributed by atoms with Gasteiger partial charge >= 0.3 is 5.97 Å². The molecule has 6 heteroatoms. The van der Waals surface area contributed by atoms with Gasteiger partial charge in [-0.2, -0.15) is 0 Å². The van der Waals surface area contributed by atoms with Gasteiger partial charge in [-0.25, -0.2) is 4.39 Å².